The van der Waals surface area contributed by atoms with E-state index in [-0.39, 0.29) is 29.1 Å². The van der Waals surface area contributed by atoms with Crippen LogP contribution >= 0.6 is 11.6 Å². The quantitative estimate of drug-likeness (QED) is 0.919. The van der Waals surface area contributed by atoms with E-state index in [0.717, 1.165) is 0 Å². The number of carboxylic acids is 1. The first-order valence-electron chi connectivity index (χ1n) is 6.44. The minimum atomic E-state index is -0.878. The third kappa shape index (κ3) is 2.90. The Labute approximate surface area is 121 Å². The smallest absolute Gasteiger partial charge is 0.308 e. The first-order valence-corrected chi connectivity index (χ1v) is 6.82. The molecule has 0 saturated carbocycles. The van der Waals surface area contributed by atoms with Crippen molar-refractivity contribution in [3.8, 4) is 0 Å². The second-order valence-electron chi connectivity index (χ2n) is 5.15. The first-order chi connectivity index (χ1) is 9.40. The summed E-state index contributed by atoms with van der Waals surface area (Å²) in [6.07, 6.45) is 1.88. The highest BCUT2D eigenvalue weighted by molar-refractivity contribution is 6.33. The molecular weight excluding hydrogens is 282 g/mol. The van der Waals surface area contributed by atoms with E-state index in [9.17, 15) is 9.59 Å². The van der Waals surface area contributed by atoms with E-state index in [1.54, 1.807) is 0 Å². The lowest BCUT2D eigenvalue weighted by Gasteiger charge is -2.16. The summed E-state index contributed by atoms with van der Waals surface area (Å²) >= 11 is 5.98. The number of carbonyl (C=O) groups is 2. The van der Waals surface area contributed by atoms with Crippen molar-refractivity contribution in [3.63, 3.8) is 0 Å². The molecule has 1 amide bonds. The summed E-state index contributed by atoms with van der Waals surface area (Å²) in [5.74, 6) is -1.08. The van der Waals surface area contributed by atoms with Crippen LogP contribution in [0.1, 0.15) is 42.5 Å². The van der Waals surface area contributed by atoms with Gasteiger partial charge < -0.3 is 10.0 Å². The Kier molecular flexibility index (Phi) is 4.23. The van der Waals surface area contributed by atoms with E-state index in [2.05, 4.69) is 9.97 Å². The van der Waals surface area contributed by atoms with Crippen molar-refractivity contribution >= 4 is 23.5 Å². The molecule has 0 aromatic carbocycles. The highest BCUT2D eigenvalue weighted by Gasteiger charge is 2.32. The second-order valence-corrected chi connectivity index (χ2v) is 5.56. The lowest BCUT2D eigenvalue weighted by Crippen LogP contribution is -2.31. The largest absolute Gasteiger partial charge is 0.481 e. The van der Waals surface area contributed by atoms with Crippen LogP contribution in [0.2, 0.25) is 5.02 Å². The van der Waals surface area contributed by atoms with Gasteiger partial charge in [-0.1, -0.05) is 25.4 Å². The van der Waals surface area contributed by atoms with Gasteiger partial charge in [-0.2, -0.15) is 0 Å². The van der Waals surface area contributed by atoms with Gasteiger partial charge in [0.15, 0.2) is 5.69 Å². The van der Waals surface area contributed by atoms with E-state index in [0.29, 0.717) is 18.8 Å². The Hall–Kier alpha value is -1.69. The van der Waals surface area contributed by atoms with Crippen molar-refractivity contribution in [2.45, 2.75) is 26.2 Å². The lowest BCUT2D eigenvalue weighted by molar-refractivity contribution is -0.141. The molecule has 1 aliphatic heterocycles. The Balaban J connectivity index is 2.21. The van der Waals surface area contributed by atoms with Crippen LogP contribution in [-0.2, 0) is 4.79 Å². The molecule has 108 valence electrons. The van der Waals surface area contributed by atoms with Crippen LogP contribution in [0.15, 0.2) is 6.20 Å². The number of halogens is 1. The number of carbonyl (C=O) groups excluding carboxylic acids is 1. The third-order valence-corrected chi connectivity index (χ3v) is 3.58. The fraction of sp³-hybridized carbons (Fsp3) is 0.538. The van der Waals surface area contributed by atoms with Gasteiger partial charge in [0, 0.05) is 19.0 Å². The van der Waals surface area contributed by atoms with Crippen LogP contribution in [0.4, 0.5) is 0 Å². The molecule has 0 spiro atoms. The molecule has 0 unspecified atom stereocenters. The van der Waals surface area contributed by atoms with Gasteiger partial charge in [-0.05, 0) is 6.42 Å². The van der Waals surface area contributed by atoms with Crippen molar-refractivity contribution in [2.75, 3.05) is 13.1 Å². The molecule has 1 aromatic rings. The number of likely N-dealkylation sites (tertiary alicyclic amines) is 1. The Morgan fingerprint density at radius 1 is 1.50 bits per heavy atom. The minimum Gasteiger partial charge on any atom is -0.481 e. The van der Waals surface area contributed by atoms with Gasteiger partial charge in [0.05, 0.1) is 17.1 Å². The van der Waals surface area contributed by atoms with Gasteiger partial charge in [-0.15, -0.1) is 0 Å². The molecule has 2 heterocycles. The molecule has 1 saturated heterocycles. The summed E-state index contributed by atoms with van der Waals surface area (Å²) in [5, 5.41) is 9.16. The van der Waals surface area contributed by atoms with Crippen molar-refractivity contribution < 1.29 is 14.7 Å². The summed E-state index contributed by atoms with van der Waals surface area (Å²) in [4.78, 5) is 33.1. The molecule has 1 N–H and O–H groups in total. The highest BCUT2D eigenvalue weighted by atomic mass is 35.5. The van der Waals surface area contributed by atoms with Crippen molar-refractivity contribution in [1.82, 2.24) is 14.9 Å². The first kappa shape index (κ1) is 14.7. The van der Waals surface area contributed by atoms with Crippen LogP contribution in [0.3, 0.4) is 0 Å². The van der Waals surface area contributed by atoms with Gasteiger partial charge in [-0.25, -0.2) is 9.97 Å². The average molecular weight is 298 g/mol. The maximum absolute atomic E-state index is 12.4. The lowest BCUT2D eigenvalue weighted by atomic mass is 10.1. The highest BCUT2D eigenvalue weighted by Crippen LogP contribution is 2.22. The number of amides is 1. The van der Waals surface area contributed by atoms with Crippen molar-refractivity contribution in [2.24, 2.45) is 5.92 Å². The van der Waals surface area contributed by atoms with E-state index in [1.807, 2.05) is 13.8 Å². The third-order valence-electron chi connectivity index (χ3n) is 3.31. The van der Waals surface area contributed by atoms with E-state index in [4.69, 9.17) is 16.7 Å². The zero-order chi connectivity index (χ0) is 14.9. The standard InChI is InChI=1S/C13H16ClN3O3/c1-7(2)11-15-5-9(14)10(16-11)12(18)17-4-3-8(6-17)13(19)20/h5,7-8H,3-4,6H2,1-2H3,(H,19,20)/t8-/m0/s1. The molecular formula is C13H16ClN3O3. The Morgan fingerprint density at radius 2 is 2.20 bits per heavy atom. The zero-order valence-electron chi connectivity index (χ0n) is 11.3. The van der Waals surface area contributed by atoms with Crippen LogP contribution in [0.25, 0.3) is 0 Å². The fourth-order valence-electron chi connectivity index (χ4n) is 2.10. The number of carboxylic acid groups (broad SMARTS) is 1. The summed E-state index contributed by atoms with van der Waals surface area (Å²) in [5.41, 5.74) is 0.149. The van der Waals surface area contributed by atoms with Crippen LogP contribution in [0, 0.1) is 5.92 Å². The normalized spacial score (nSPS) is 18.6. The summed E-state index contributed by atoms with van der Waals surface area (Å²) in [6.45, 7) is 4.46. The molecule has 1 aromatic heterocycles. The molecule has 0 bridgehead atoms. The summed E-state index contributed by atoms with van der Waals surface area (Å²) < 4.78 is 0. The molecule has 0 radical (unpaired) electrons. The summed E-state index contributed by atoms with van der Waals surface area (Å²) in [6, 6.07) is 0. The summed E-state index contributed by atoms with van der Waals surface area (Å²) in [7, 11) is 0. The molecule has 6 nitrogen and oxygen atoms in total. The minimum absolute atomic E-state index is 0.0872. The molecule has 0 aliphatic carbocycles. The number of hydrogen-bond donors (Lipinski definition) is 1. The van der Waals surface area contributed by atoms with E-state index in [1.165, 1.54) is 11.1 Å². The number of hydrogen-bond acceptors (Lipinski definition) is 4. The second kappa shape index (κ2) is 5.75. The van der Waals surface area contributed by atoms with Crippen LogP contribution in [0.5, 0.6) is 0 Å². The van der Waals surface area contributed by atoms with Gasteiger partial charge in [0.1, 0.15) is 5.82 Å². The van der Waals surface area contributed by atoms with E-state index >= 15 is 0 Å². The molecule has 2 rings (SSSR count). The SMILES string of the molecule is CC(C)c1ncc(Cl)c(C(=O)N2CC[C@H](C(=O)O)C2)n1. The Morgan fingerprint density at radius 3 is 2.75 bits per heavy atom. The number of rotatable bonds is 3. The van der Waals surface area contributed by atoms with Crippen molar-refractivity contribution in [3.05, 3.63) is 22.7 Å². The molecule has 1 fully saturated rings. The van der Waals surface area contributed by atoms with Crippen LogP contribution in [-0.4, -0.2) is 44.9 Å². The predicted octanol–water partition coefficient (Wildman–Crippen LogP) is 1.80. The maximum Gasteiger partial charge on any atom is 0.308 e. The number of nitrogens with zero attached hydrogens (tertiary/aromatic N) is 3. The average Bonchev–Trinajstić information content (AvgIpc) is 2.88. The van der Waals surface area contributed by atoms with Crippen molar-refractivity contribution in [1.29, 1.82) is 0 Å². The molecule has 1 aliphatic rings. The number of aromatic nitrogens is 2. The van der Waals surface area contributed by atoms with Gasteiger partial charge in [0.2, 0.25) is 0 Å². The monoisotopic (exact) mass is 297 g/mol. The van der Waals surface area contributed by atoms with Gasteiger partial charge in [0.25, 0.3) is 5.91 Å². The maximum atomic E-state index is 12.4. The van der Waals surface area contributed by atoms with Gasteiger partial charge in [-0.3, -0.25) is 9.59 Å². The van der Waals surface area contributed by atoms with Gasteiger partial charge >= 0.3 is 5.97 Å². The molecule has 1 atom stereocenters. The fourth-order valence-corrected chi connectivity index (χ4v) is 2.28. The van der Waals surface area contributed by atoms with E-state index < -0.39 is 11.9 Å². The molecule has 20 heavy (non-hydrogen) atoms. The zero-order valence-corrected chi connectivity index (χ0v) is 12.1. The Bertz CT molecular complexity index is 548. The molecule has 7 heteroatoms. The number of aliphatic carboxylic acids is 1. The van der Waals surface area contributed by atoms with Crippen LogP contribution < -0.4 is 0 Å². The predicted molar refractivity (Wildman–Crippen MR) is 72.8 cm³/mol. The topological polar surface area (TPSA) is 83.4 Å².